The number of benzene rings is 1. The van der Waals surface area contributed by atoms with Crippen LogP contribution in [0.1, 0.15) is 38.8 Å². The smallest absolute Gasteiger partial charge is 0.127 e. The molecular weight excluding hydrogens is 314 g/mol. The van der Waals surface area contributed by atoms with E-state index in [0.717, 1.165) is 42.3 Å². The van der Waals surface area contributed by atoms with Crippen LogP contribution < -0.4 is 10.1 Å². The van der Waals surface area contributed by atoms with E-state index in [2.05, 4.69) is 61.1 Å². The molecule has 0 amide bonds. The lowest BCUT2D eigenvalue weighted by Crippen LogP contribution is -2.29. The topological polar surface area (TPSA) is 21.3 Å². The van der Waals surface area contributed by atoms with E-state index < -0.39 is 0 Å². The number of nitrogens with one attached hydrogen (secondary N) is 1. The minimum Gasteiger partial charge on any atom is -0.493 e. The summed E-state index contributed by atoms with van der Waals surface area (Å²) in [5.74, 6) is 3.25. The summed E-state index contributed by atoms with van der Waals surface area (Å²) in [7, 11) is 0. The van der Waals surface area contributed by atoms with E-state index >= 15 is 0 Å². The lowest BCUT2D eigenvalue weighted by atomic mass is 9.85. The molecule has 0 spiro atoms. The predicted molar refractivity (Wildman–Crippen MR) is 88.2 cm³/mol. The standard InChI is InChI=1S/C17H26BrNO/c1-11(2)16(12(3)4)10-19-9-14-8-15(18)7-13-5-6-20-17(13)14/h7-8,11-12,16,19H,5-6,9-10H2,1-4H3. The Morgan fingerprint density at radius 2 is 1.90 bits per heavy atom. The number of ether oxygens (including phenoxy) is 1. The fraction of sp³-hybridized carbons (Fsp3) is 0.647. The van der Waals surface area contributed by atoms with Gasteiger partial charge in [0.2, 0.25) is 0 Å². The minimum absolute atomic E-state index is 0.715. The third-order valence-corrected chi connectivity index (χ3v) is 4.69. The van der Waals surface area contributed by atoms with Crippen molar-refractivity contribution in [3.05, 3.63) is 27.7 Å². The Bertz CT molecular complexity index is 449. The van der Waals surface area contributed by atoms with Gasteiger partial charge in [-0.3, -0.25) is 0 Å². The molecule has 0 aromatic heterocycles. The van der Waals surface area contributed by atoms with E-state index in [1.807, 2.05) is 0 Å². The SMILES string of the molecule is CC(C)C(CNCc1cc(Br)cc2c1OCC2)C(C)C. The first kappa shape index (κ1) is 15.8. The zero-order chi connectivity index (χ0) is 14.7. The molecule has 1 heterocycles. The van der Waals surface area contributed by atoms with Gasteiger partial charge in [-0.1, -0.05) is 43.6 Å². The Morgan fingerprint density at radius 3 is 2.55 bits per heavy atom. The highest BCUT2D eigenvalue weighted by Crippen LogP contribution is 2.33. The van der Waals surface area contributed by atoms with Crippen LogP contribution in [0.15, 0.2) is 16.6 Å². The summed E-state index contributed by atoms with van der Waals surface area (Å²) in [5.41, 5.74) is 2.61. The van der Waals surface area contributed by atoms with E-state index in [1.54, 1.807) is 0 Å². The molecule has 112 valence electrons. The van der Waals surface area contributed by atoms with Gasteiger partial charge in [0.1, 0.15) is 5.75 Å². The van der Waals surface area contributed by atoms with Crippen LogP contribution in [-0.4, -0.2) is 13.2 Å². The van der Waals surface area contributed by atoms with Gasteiger partial charge in [0.25, 0.3) is 0 Å². The number of fused-ring (bicyclic) bond motifs is 1. The average molecular weight is 340 g/mol. The molecule has 1 aliphatic rings. The Morgan fingerprint density at radius 1 is 1.20 bits per heavy atom. The molecular formula is C17H26BrNO. The lowest BCUT2D eigenvalue weighted by molar-refractivity contribution is 0.274. The maximum Gasteiger partial charge on any atom is 0.127 e. The van der Waals surface area contributed by atoms with Crippen molar-refractivity contribution in [3.8, 4) is 5.75 Å². The fourth-order valence-corrected chi connectivity index (χ4v) is 3.64. The molecule has 1 aromatic rings. The molecule has 0 bridgehead atoms. The molecule has 0 aliphatic carbocycles. The second kappa shape index (κ2) is 6.95. The highest BCUT2D eigenvalue weighted by molar-refractivity contribution is 9.10. The zero-order valence-corrected chi connectivity index (χ0v) is 14.6. The first-order valence-electron chi connectivity index (χ1n) is 7.64. The van der Waals surface area contributed by atoms with Crippen molar-refractivity contribution in [2.24, 2.45) is 17.8 Å². The lowest BCUT2D eigenvalue weighted by Gasteiger charge is -2.25. The van der Waals surface area contributed by atoms with Gasteiger partial charge in [-0.05, 0) is 42.0 Å². The summed E-state index contributed by atoms with van der Waals surface area (Å²) in [6, 6.07) is 4.35. The molecule has 0 fully saturated rings. The molecule has 0 saturated carbocycles. The summed E-state index contributed by atoms with van der Waals surface area (Å²) < 4.78 is 6.93. The molecule has 3 heteroatoms. The molecule has 0 unspecified atom stereocenters. The molecule has 2 rings (SSSR count). The van der Waals surface area contributed by atoms with Crippen LogP contribution in [0, 0.1) is 17.8 Å². The number of hydrogen-bond donors (Lipinski definition) is 1. The van der Waals surface area contributed by atoms with E-state index in [4.69, 9.17) is 4.74 Å². The number of halogens is 1. The summed E-state index contributed by atoms with van der Waals surface area (Å²) in [5, 5.41) is 3.62. The van der Waals surface area contributed by atoms with Gasteiger partial charge in [0.05, 0.1) is 6.61 Å². The van der Waals surface area contributed by atoms with Crippen LogP contribution >= 0.6 is 15.9 Å². The second-order valence-corrected chi connectivity index (χ2v) is 7.35. The van der Waals surface area contributed by atoms with E-state index in [9.17, 15) is 0 Å². The Hall–Kier alpha value is -0.540. The Balaban J connectivity index is 1.98. The van der Waals surface area contributed by atoms with Gasteiger partial charge in [-0.2, -0.15) is 0 Å². The van der Waals surface area contributed by atoms with Crippen LogP contribution in [0.3, 0.4) is 0 Å². The molecule has 1 aliphatic heterocycles. The Kier molecular flexibility index (Phi) is 5.50. The number of rotatable bonds is 6. The van der Waals surface area contributed by atoms with Gasteiger partial charge >= 0.3 is 0 Å². The van der Waals surface area contributed by atoms with Crippen molar-refractivity contribution in [2.75, 3.05) is 13.2 Å². The zero-order valence-electron chi connectivity index (χ0n) is 13.0. The van der Waals surface area contributed by atoms with Gasteiger partial charge in [-0.15, -0.1) is 0 Å². The summed E-state index contributed by atoms with van der Waals surface area (Å²) in [6.07, 6.45) is 1.03. The van der Waals surface area contributed by atoms with Crippen molar-refractivity contribution in [2.45, 2.75) is 40.7 Å². The minimum atomic E-state index is 0.715. The maximum atomic E-state index is 5.78. The highest BCUT2D eigenvalue weighted by Gasteiger charge is 2.19. The molecule has 2 nitrogen and oxygen atoms in total. The van der Waals surface area contributed by atoms with Gasteiger partial charge in [-0.25, -0.2) is 0 Å². The third-order valence-electron chi connectivity index (χ3n) is 4.23. The second-order valence-electron chi connectivity index (χ2n) is 6.43. The summed E-state index contributed by atoms with van der Waals surface area (Å²) in [6.45, 7) is 12.0. The van der Waals surface area contributed by atoms with Crippen LogP contribution in [-0.2, 0) is 13.0 Å². The third kappa shape index (κ3) is 3.76. The molecule has 1 N–H and O–H groups in total. The Labute approximate surface area is 131 Å². The summed E-state index contributed by atoms with van der Waals surface area (Å²) >= 11 is 3.60. The van der Waals surface area contributed by atoms with E-state index in [0.29, 0.717) is 11.8 Å². The number of hydrogen-bond acceptors (Lipinski definition) is 2. The van der Waals surface area contributed by atoms with Crippen LogP contribution in [0.2, 0.25) is 0 Å². The van der Waals surface area contributed by atoms with Crippen LogP contribution in [0.4, 0.5) is 0 Å². The van der Waals surface area contributed by atoms with Crippen molar-refractivity contribution in [1.29, 1.82) is 0 Å². The van der Waals surface area contributed by atoms with Gasteiger partial charge in [0, 0.05) is 23.0 Å². The largest absolute Gasteiger partial charge is 0.493 e. The quantitative estimate of drug-likeness (QED) is 0.829. The molecule has 1 aromatic carbocycles. The monoisotopic (exact) mass is 339 g/mol. The predicted octanol–water partition coefficient (Wildman–Crippen LogP) is 4.40. The van der Waals surface area contributed by atoms with Crippen molar-refractivity contribution < 1.29 is 4.74 Å². The van der Waals surface area contributed by atoms with Crippen LogP contribution in [0.5, 0.6) is 5.75 Å². The van der Waals surface area contributed by atoms with Crippen molar-refractivity contribution in [1.82, 2.24) is 5.32 Å². The molecule has 20 heavy (non-hydrogen) atoms. The highest BCUT2D eigenvalue weighted by atomic mass is 79.9. The molecule has 0 atom stereocenters. The van der Waals surface area contributed by atoms with Crippen molar-refractivity contribution >= 4 is 15.9 Å². The normalized spacial score (nSPS) is 14.2. The van der Waals surface area contributed by atoms with E-state index in [1.165, 1.54) is 11.1 Å². The maximum absolute atomic E-state index is 5.78. The van der Waals surface area contributed by atoms with Crippen molar-refractivity contribution in [3.63, 3.8) is 0 Å². The first-order chi connectivity index (χ1) is 9.49. The van der Waals surface area contributed by atoms with Gasteiger partial charge in [0.15, 0.2) is 0 Å². The average Bonchev–Trinajstić information content (AvgIpc) is 2.81. The van der Waals surface area contributed by atoms with Gasteiger partial charge < -0.3 is 10.1 Å². The molecule has 0 saturated heterocycles. The first-order valence-corrected chi connectivity index (χ1v) is 8.43. The fourth-order valence-electron chi connectivity index (χ4n) is 3.09. The molecule has 0 radical (unpaired) electrons. The van der Waals surface area contributed by atoms with E-state index in [-0.39, 0.29) is 0 Å². The summed E-state index contributed by atoms with van der Waals surface area (Å²) in [4.78, 5) is 0. The van der Waals surface area contributed by atoms with Crippen LogP contribution in [0.25, 0.3) is 0 Å².